The first-order valence-corrected chi connectivity index (χ1v) is 7.48. The first kappa shape index (κ1) is 14.3. The van der Waals surface area contributed by atoms with Gasteiger partial charge in [0.2, 0.25) is 5.91 Å². The molecule has 6 heteroatoms. The highest BCUT2D eigenvalue weighted by Gasteiger charge is 2.37. The SMILES string of the molecule is CC(=O)N[C@H]1C(=O)N(CCCBr)c2ccc(Cl)cc21. The summed E-state index contributed by atoms with van der Waals surface area (Å²) in [5.74, 6) is -0.333. The molecule has 4 nitrogen and oxygen atoms in total. The average molecular weight is 346 g/mol. The van der Waals surface area contributed by atoms with Crippen LogP contribution in [0.3, 0.4) is 0 Å². The molecule has 1 aliphatic heterocycles. The number of amides is 2. The predicted molar refractivity (Wildman–Crippen MR) is 78.8 cm³/mol. The standard InChI is InChI=1S/C13H14BrClN2O2/c1-8(18)16-12-10-7-9(15)3-4-11(10)17(13(12)19)6-2-5-14/h3-4,7,12H,2,5-6H2,1H3,(H,16,18)/t12-/m1/s1. The van der Waals surface area contributed by atoms with E-state index in [0.717, 1.165) is 23.0 Å². The van der Waals surface area contributed by atoms with E-state index in [9.17, 15) is 9.59 Å². The van der Waals surface area contributed by atoms with Gasteiger partial charge in [-0.1, -0.05) is 27.5 Å². The van der Waals surface area contributed by atoms with Gasteiger partial charge in [0.15, 0.2) is 0 Å². The van der Waals surface area contributed by atoms with Crippen molar-refractivity contribution in [3.63, 3.8) is 0 Å². The van der Waals surface area contributed by atoms with Gasteiger partial charge in [-0.3, -0.25) is 9.59 Å². The van der Waals surface area contributed by atoms with Crippen LogP contribution in [0.25, 0.3) is 0 Å². The number of benzene rings is 1. The topological polar surface area (TPSA) is 49.4 Å². The minimum atomic E-state index is -0.624. The molecule has 1 aliphatic rings. The van der Waals surface area contributed by atoms with Crippen LogP contribution >= 0.6 is 27.5 Å². The Morgan fingerprint density at radius 2 is 2.26 bits per heavy atom. The van der Waals surface area contributed by atoms with Crippen LogP contribution in [-0.4, -0.2) is 23.7 Å². The van der Waals surface area contributed by atoms with Gasteiger partial charge >= 0.3 is 0 Å². The maximum absolute atomic E-state index is 12.4. The minimum absolute atomic E-state index is 0.103. The van der Waals surface area contributed by atoms with E-state index in [2.05, 4.69) is 21.2 Å². The van der Waals surface area contributed by atoms with Gasteiger partial charge in [-0.2, -0.15) is 0 Å². The number of rotatable bonds is 4. The lowest BCUT2D eigenvalue weighted by Crippen LogP contribution is -2.37. The summed E-state index contributed by atoms with van der Waals surface area (Å²) in [7, 11) is 0. The Hall–Kier alpha value is -1.07. The summed E-state index contributed by atoms with van der Waals surface area (Å²) in [5, 5.41) is 4.06. The second kappa shape index (κ2) is 5.92. The van der Waals surface area contributed by atoms with Crippen molar-refractivity contribution in [3.8, 4) is 0 Å². The molecule has 2 amide bonds. The summed E-state index contributed by atoms with van der Waals surface area (Å²) in [6.07, 6.45) is 0.848. The first-order valence-electron chi connectivity index (χ1n) is 5.98. The number of hydrogen-bond acceptors (Lipinski definition) is 2. The number of carbonyl (C=O) groups is 2. The zero-order chi connectivity index (χ0) is 14.0. The molecule has 0 saturated carbocycles. The summed E-state index contributed by atoms with van der Waals surface area (Å²) in [4.78, 5) is 25.3. The zero-order valence-corrected chi connectivity index (χ0v) is 12.8. The van der Waals surface area contributed by atoms with Crippen molar-refractivity contribution in [1.29, 1.82) is 0 Å². The molecule has 1 atom stereocenters. The van der Waals surface area contributed by atoms with E-state index < -0.39 is 6.04 Å². The lowest BCUT2D eigenvalue weighted by molar-refractivity contribution is -0.126. The van der Waals surface area contributed by atoms with Gasteiger partial charge in [-0.05, 0) is 24.6 Å². The first-order chi connectivity index (χ1) is 9.04. The number of nitrogens with zero attached hydrogens (tertiary/aromatic N) is 1. The fourth-order valence-electron chi connectivity index (χ4n) is 2.20. The maximum Gasteiger partial charge on any atom is 0.254 e. The zero-order valence-electron chi connectivity index (χ0n) is 10.5. The number of carbonyl (C=O) groups excluding carboxylic acids is 2. The van der Waals surface area contributed by atoms with Crippen LogP contribution in [-0.2, 0) is 9.59 Å². The number of alkyl halides is 1. The second-order valence-electron chi connectivity index (χ2n) is 4.37. The van der Waals surface area contributed by atoms with Gasteiger partial charge in [0.1, 0.15) is 6.04 Å². The Balaban J connectivity index is 2.36. The van der Waals surface area contributed by atoms with Crippen LogP contribution in [0, 0.1) is 0 Å². The van der Waals surface area contributed by atoms with Crippen molar-refractivity contribution in [2.45, 2.75) is 19.4 Å². The monoisotopic (exact) mass is 344 g/mol. The predicted octanol–water partition coefficient (Wildman–Crippen LogP) is 2.65. The van der Waals surface area contributed by atoms with Crippen molar-refractivity contribution in [3.05, 3.63) is 28.8 Å². The van der Waals surface area contributed by atoms with E-state index in [0.29, 0.717) is 11.6 Å². The molecule has 0 aromatic heterocycles. The van der Waals surface area contributed by atoms with Crippen LogP contribution in [0.1, 0.15) is 24.9 Å². The van der Waals surface area contributed by atoms with Gasteiger partial charge in [0, 0.05) is 35.1 Å². The number of nitrogens with one attached hydrogen (secondary N) is 1. The van der Waals surface area contributed by atoms with E-state index >= 15 is 0 Å². The number of hydrogen-bond donors (Lipinski definition) is 1. The summed E-state index contributed by atoms with van der Waals surface area (Å²) in [5.41, 5.74) is 1.59. The molecule has 19 heavy (non-hydrogen) atoms. The molecule has 0 fully saturated rings. The van der Waals surface area contributed by atoms with Gasteiger partial charge in [-0.25, -0.2) is 0 Å². The minimum Gasteiger partial charge on any atom is -0.341 e. The number of anilines is 1. The molecule has 1 aromatic carbocycles. The molecule has 2 rings (SSSR count). The van der Waals surface area contributed by atoms with Crippen molar-refractivity contribution in [2.24, 2.45) is 0 Å². The molecule has 0 radical (unpaired) electrons. The van der Waals surface area contributed by atoms with E-state index in [1.807, 2.05) is 6.07 Å². The van der Waals surface area contributed by atoms with E-state index in [4.69, 9.17) is 11.6 Å². The Kier molecular flexibility index (Phi) is 4.47. The highest BCUT2D eigenvalue weighted by Crippen LogP contribution is 2.37. The molecular formula is C13H14BrClN2O2. The lowest BCUT2D eigenvalue weighted by atomic mass is 10.1. The molecule has 0 aliphatic carbocycles. The molecule has 0 unspecified atom stereocenters. The molecule has 1 heterocycles. The largest absolute Gasteiger partial charge is 0.341 e. The summed E-state index contributed by atoms with van der Waals surface area (Å²) >= 11 is 9.33. The highest BCUT2D eigenvalue weighted by atomic mass is 79.9. The van der Waals surface area contributed by atoms with Gasteiger partial charge < -0.3 is 10.2 Å². The van der Waals surface area contributed by atoms with Crippen LogP contribution in [0.15, 0.2) is 18.2 Å². The molecule has 0 saturated heterocycles. The van der Waals surface area contributed by atoms with E-state index in [-0.39, 0.29) is 11.8 Å². The van der Waals surface area contributed by atoms with Crippen LogP contribution < -0.4 is 10.2 Å². The Morgan fingerprint density at radius 1 is 1.53 bits per heavy atom. The van der Waals surface area contributed by atoms with Gasteiger partial charge in [0.05, 0.1) is 0 Å². The quantitative estimate of drug-likeness (QED) is 0.853. The van der Waals surface area contributed by atoms with Gasteiger partial charge in [-0.15, -0.1) is 0 Å². The molecule has 1 aromatic rings. The molecule has 1 N–H and O–H groups in total. The smallest absolute Gasteiger partial charge is 0.254 e. The summed E-state index contributed by atoms with van der Waals surface area (Å²) in [6, 6.07) is 4.70. The van der Waals surface area contributed by atoms with Crippen molar-refractivity contribution < 1.29 is 9.59 Å². The fraction of sp³-hybridized carbons (Fsp3) is 0.385. The van der Waals surface area contributed by atoms with E-state index in [1.165, 1.54) is 6.92 Å². The van der Waals surface area contributed by atoms with E-state index in [1.54, 1.807) is 17.0 Å². The molecule has 0 bridgehead atoms. The number of halogens is 2. The molecule has 0 spiro atoms. The summed E-state index contributed by atoms with van der Waals surface area (Å²) in [6.45, 7) is 2.02. The Labute approximate surface area is 125 Å². The summed E-state index contributed by atoms with van der Waals surface area (Å²) < 4.78 is 0. The van der Waals surface area contributed by atoms with Crippen LogP contribution in [0.2, 0.25) is 5.02 Å². The lowest BCUT2D eigenvalue weighted by Gasteiger charge is -2.17. The average Bonchev–Trinajstić information content (AvgIpc) is 2.60. The highest BCUT2D eigenvalue weighted by molar-refractivity contribution is 9.09. The molecular weight excluding hydrogens is 332 g/mol. The normalized spacial score (nSPS) is 17.5. The third-order valence-corrected chi connectivity index (χ3v) is 3.76. The third-order valence-electron chi connectivity index (χ3n) is 2.97. The second-order valence-corrected chi connectivity index (χ2v) is 5.60. The molecule has 102 valence electrons. The Morgan fingerprint density at radius 3 is 2.89 bits per heavy atom. The van der Waals surface area contributed by atoms with Crippen molar-refractivity contribution in [2.75, 3.05) is 16.8 Å². The van der Waals surface area contributed by atoms with Crippen LogP contribution in [0.4, 0.5) is 5.69 Å². The van der Waals surface area contributed by atoms with Crippen molar-refractivity contribution in [1.82, 2.24) is 5.32 Å². The maximum atomic E-state index is 12.4. The Bertz CT molecular complexity index is 521. The number of fused-ring (bicyclic) bond motifs is 1. The van der Waals surface area contributed by atoms with Gasteiger partial charge in [0.25, 0.3) is 5.91 Å². The van der Waals surface area contributed by atoms with Crippen LogP contribution in [0.5, 0.6) is 0 Å². The fourth-order valence-corrected chi connectivity index (χ4v) is 2.63. The third kappa shape index (κ3) is 2.92. The van der Waals surface area contributed by atoms with Crippen molar-refractivity contribution >= 4 is 45.0 Å².